The quantitative estimate of drug-likeness (QED) is 0.892. The summed E-state index contributed by atoms with van der Waals surface area (Å²) in [6, 6.07) is 4.10. The summed E-state index contributed by atoms with van der Waals surface area (Å²) < 4.78 is 0. The summed E-state index contributed by atoms with van der Waals surface area (Å²) in [5, 5.41) is 12.3. The van der Waals surface area contributed by atoms with Gasteiger partial charge >= 0.3 is 12.0 Å². The number of rotatable bonds is 3. The maximum absolute atomic E-state index is 12.5. The molecule has 2 amide bonds. The van der Waals surface area contributed by atoms with E-state index in [9.17, 15) is 14.7 Å². The van der Waals surface area contributed by atoms with Crippen LogP contribution in [0.2, 0.25) is 5.02 Å². The number of nitrogens with one attached hydrogen (secondary N) is 1. The number of nitrogens with zero attached hydrogens (tertiary/aromatic N) is 1. The number of carbonyl (C=O) groups is 2. The highest BCUT2D eigenvalue weighted by atomic mass is 35.5. The number of carboxylic acids is 1. The fourth-order valence-corrected chi connectivity index (χ4v) is 3.92. The van der Waals surface area contributed by atoms with Crippen molar-refractivity contribution in [3.05, 3.63) is 28.8 Å². The van der Waals surface area contributed by atoms with Gasteiger partial charge in [0.1, 0.15) is 6.04 Å². The Labute approximate surface area is 132 Å². The zero-order valence-electron chi connectivity index (χ0n) is 11.8. The smallest absolute Gasteiger partial charge is 0.327 e. The Morgan fingerprint density at radius 2 is 2.24 bits per heavy atom. The van der Waals surface area contributed by atoms with E-state index < -0.39 is 18.0 Å². The van der Waals surface area contributed by atoms with E-state index in [1.54, 1.807) is 12.1 Å². The lowest BCUT2D eigenvalue weighted by Gasteiger charge is -2.27. The number of benzene rings is 1. The minimum Gasteiger partial charge on any atom is -0.480 e. The number of aliphatic carboxylic acids is 1. The molecular weight excluding hydrogens is 312 g/mol. The Bertz CT molecular complexity index is 547. The molecule has 0 saturated carbocycles. The van der Waals surface area contributed by atoms with Crippen LogP contribution in [0.3, 0.4) is 0 Å². The van der Waals surface area contributed by atoms with Crippen LogP contribution in [-0.4, -0.2) is 39.2 Å². The van der Waals surface area contributed by atoms with Gasteiger partial charge < -0.3 is 10.4 Å². The highest BCUT2D eigenvalue weighted by molar-refractivity contribution is 8.00. The molecule has 1 fully saturated rings. The summed E-state index contributed by atoms with van der Waals surface area (Å²) in [5.41, 5.74) is 1.36. The van der Waals surface area contributed by atoms with Crippen molar-refractivity contribution in [2.45, 2.75) is 31.7 Å². The average molecular weight is 329 g/mol. The number of thioether (sulfide) groups is 1. The van der Waals surface area contributed by atoms with Crippen LogP contribution in [0.5, 0.6) is 0 Å². The maximum Gasteiger partial charge on any atom is 0.327 e. The van der Waals surface area contributed by atoms with Gasteiger partial charge in [-0.2, -0.15) is 0 Å². The van der Waals surface area contributed by atoms with Gasteiger partial charge in [-0.1, -0.05) is 30.7 Å². The van der Waals surface area contributed by atoms with Gasteiger partial charge in [0.15, 0.2) is 0 Å². The van der Waals surface area contributed by atoms with Gasteiger partial charge in [-0.3, -0.25) is 4.90 Å². The van der Waals surface area contributed by atoms with Crippen molar-refractivity contribution >= 4 is 41.1 Å². The minimum absolute atomic E-state index is 0.131. The first-order valence-corrected chi connectivity index (χ1v) is 8.07. The molecule has 2 rings (SSSR count). The molecule has 21 heavy (non-hydrogen) atoms. The van der Waals surface area contributed by atoms with Crippen molar-refractivity contribution in [3.63, 3.8) is 0 Å². The van der Waals surface area contributed by atoms with E-state index in [4.69, 9.17) is 11.6 Å². The number of halogens is 1. The molecule has 114 valence electrons. The number of urea groups is 1. The molecule has 0 radical (unpaired) electrons. The number of anilines is 1. The lowest BCUT2D eigenvalue weighted by molar-refractivity contribution is -0.141. The molecule has 1 aromatic rings. The SMILES string of the molecule is CCC1SCC(C(=O)O)N1C(=O)Nc1c(C)cccc1Cl. The summed E-state index contributed by atoms with van der Waals surface area (Å²) in [4.78, 5) is 25.2. The molecule has 2 N–H and O–H groups in total. The molecule has 7 heteroatoms. The Morgan fingerprint density at radius 1 is 1.52 bits per heavy atom. The largest absolute Gasteiger partial charge is 0.480 e. The highest BCUT2D eigenvalue weighted by Crippen LogP contribution is 2.33. The molecule has 0 aromatic heterocycles. The van der Waals surface area contributed by atoms with Crippen molar-refractivity contribution in [2.75, 3.05) is 11.1 Å². The summed E-state index contributed by atoms with van der Waals surface area (Å²) in [5.74, 6) is -0.576. The van der Waals surface area contributed by atoms with Gasteiger partial charge in [-0.15, -0.1) is 11.8 Å². The van der Waals surface area contributed by atoms with Gasteiger partial charge in [0.25, 0.3) is 0 Å². The van der Waals surface area contributed by atoms with Crippen LogP contribution < -0.4 is 5.32 Å². The third-order valence-corrected chi connectivity index (χ3v) is 5.18. The lowest BCUT2D eigenvalue weighted by Crippen LogP contribution is -2.47. The summed E-state index contributed by atoms with van der Waals surface area (Å²) in [6.07, 6.45) is 0.698. The van der Waals surface area contributed by atoms with E-state index in [1.165, 1.54) is 16.7 Å². The van der Waals surface area contributed by atoms with E-state index in [1.807, 2.05) is 19.9 Å². The zero-order chi connectivity index (χ0) is 15.6. The fourth-order valence-electron chi connectivity index (χ4n) is 2.30. The van der Waals surface area contributed by atoms with Crippen LogP contribution >= 0.6 is 23.4 Å². The normalized spacial score (nSPS) is 21.4. The predicted molar refractivity (Wildman–Crippen MR) is 85.0 cm³/mol. The van der Waals surface area contributed by atoms with Crippen LogP contribution in [0.15, 0.2) is 18.2 Å². The van der Waals surface area contributed by atoms with Crippen molar-refractivity contribution < 1.29 is 14.7 Å². The van der Waals surface area contributed by atoms with Gasteiger partial charge in [0.05, 0.1) is 16.1 Å². The first-order chi connectivity index (χ1) is 9.95. The number of aryl methyl sites for hydroxylation is 1. The maximum atomic E-state index is 12.5. The van der Waals surface area contributed by atoms with Gasteiger partial charge in [-0.05, 0) is 25.0 Å². The standard InChI is InChI=1S/C14H17ClN2O3S/c1-3-11-17(10(7-21-11)13(18)19)14(20)16-12-8(2)5-4-6-9(12)15/h4-6,10-11H,3,7H2,1-2H3,(H,16,20)(H,18,19). The Balaban J connectivity index is 2.23. The number of para-hydroxylation sites is 1. The van der Waals surface area contributed by atoms with Crippen LogP contribution in [0.25, 0.3) is 0 Å². The monoisotopic (exact) mass is 328 g/mol. The second-order valence-corrected chi connectivity index (χ2v) is 6.44. The minimum atomic E-state index is -0.982. The number of amides is 2. The molecule has 1 heterocycles. The molecule has 0 aliphatic carbocycles. The Kier molecular flexibility index (Phi) is 5.00. The van der Waals surface area contributed by atoms with E-state index in [0.717, 1.165) is 5.56 Å². The van der Waals surface area contributed by atoms with Crippen LogP contribution in [0.4, 0.5) is 10.5 Å². The predicted octanol–water partition coefficient (Wildman–Crippen LogP) is 3.42. The number of hydrogen-bond donors (Lipinski definition) is 2. The van der Waals surface area contributed by atoms with Crippen molar-refractivity contribution in [3.8, 4) is 0 Å². The summed E-state index contributed by atoms with van der Waals surface area (Å²) in [6.45, 7) is 3.77. The molecule has 1 aliphatic heterocycles. The third-order valence-electron chi connectivity index (χ3n) is 3.42. The van der Waals surface area contributed by atoms with E-state index in [2.05, 4.69) is 5.32 Å². The second kappa shape index (κ2) is 6.58. The van der Waals surface area contributed by atoms with Crippen molar-refractivity contribution in [1.29, 1.82) is 0 Å². The van der Waals surface area contributed by atoms with Crippen LogP contribution in [0, 0.1) is 6.92 Å². The number of carboxylic acid groups (broad SMARTS) is 1. The second-order valence-electron chi connectivity index (χ2n) is 4.82. The molecule has 1 saturated heterocycles. The summed E-state index contributed by atoms with van der Waals surface area (Å²) >= 11 is 7.58. The van der Waals surface area contributed by atoms with E-state index in [-0.39, 0.29) is 5.37 Å². The number of hydrogen-bond acceptors (Lipinski definition) is 3. The number of carbonyl (C=O) groups excluding carboxylic acids is 1. The van der Waals surface area contributed by atoms with Gasteiger partial charge in [0.2, 0.25) is 0 Å². The average Bonchev–Trinajstić information content (AvgIpc) is 2.87. The first kappa shape index (κ1) is 16.0. The Morgan fingerprint density at radius 3 is 2.81 bits per heavy atom. The van der Waals surface area contributed by atoms with Crippen molar-refractivity contribution in [1.82, 2.24) is 4.90 Å². The first-order valence-electron chi connectivity index (χ1n) is 6.64. The molecule has 1 aliphatic rings. The fraction of sp³-hybridized carbons (Fsp3) is 0.429. The molecule has 0 bridgehead atoms. The highest BCUT2D eigenvalue weighted by Gasteiger charge is 2.41. The van der Waals surface area contributed by atoms with E-state index >= 15 is 0 Å². The molecule has 5 nitrogen and oxygen atoms in total. The van der Waals surface area contributed by atoms with Gasteiger partial charge in [-0.25, -0.2) is 9.59 Å². The lowest BCUT2D eigenvalue weighted by atomic mass is 10.2. The Hall–Kier alpha value is -1.40. The topological polar surface area (TPSA) is 69.6 Å². The molecule has 0 spiro atoms. The van der Waals surface area contributed by atoms with Crippen molar-refractivity contribution in [2.24, 2.45) is 0 Å². The third kappa shape index (κ3) is 3.27. The van der Waals surface area contributed by atoms with E-state index in [0.29, 0.717) is 22.9 Å². The molecule has 1 aromatic carbocycles. The summed E-state index contributed by atoms with van der Waals surface area (Å²) in [7, 11) is 0. The molecule has 2 unspecified atom stereocenters. The van der Waals surface area contributed by atoms with Gasteiger partial charge in [0, 0.05) is 5.75 Å². The molecule has 2 atom stereocenters. The van der Waals surface area contributed by atoms with Crippen LogP contribution in [0.1, 0.15) is 18.9 Å². The van der Waals surface area contributed by atoms with Crippen LogP contribution in [-0.2, 0) is 4.79 Å². The zero-order valence-corrected chi connectivity index (χ0v) is 13.4. The molecular formula is C14H17ClN2O3S.